The molecule has 1 aliphatic carbocycles. The normalized spacial score (nSPS) is 17.1. The minimum Gasteiger partial charge on any atom is -0.490 e. The van der Waals surface area contributed by atoms with E-state index in [1.807, 2.05) is 11.7 Å². The van der Waals surface area contributed by atoms with E-state index in [4.69, 9.17) is 4.74 Å². The van der Waals surface area contributed by atoms with Gasteiger partial charge in [-0.3, -0.25) is 4.98 Å². The van der Waals surface area contributed by atoms with Gasteiger partial charge in [0.15, 0.2) is 0 Å². The van der Waals surface area contributed by atoms with Gasteiger partial charge >= 0.3 is 0 Å². The van der Waals surface area contributed by atoms with Gasteiger partial charge in [0.05, 0.1) is 17.7 Å². The molecule has 0 saturated heterocycles. The molecule has 1 fully saturated rings. The minimum atomic E-state index is 0.282. The first-order chi connectivity index (χ1) is 9.81. The number of nitrogens with one attached hydrogen (secondary N) is 1. The average molecular weight is 288 g/mol. The van der Waals surface area contributed by atoms with E-state index < -0.39 is 0 Å². The van der Waals surface area contributed by atoms with Gasteiger partial charge in [0.1, 0.15) is 5.75 Å². The highest BCUT2D eigenvalue weighted by molar-refractivity contribution is 7.09. The molecule has 106 valence electrons. The fourth-order valence-corrected chi connectivity index (χ4v) is 3.22. The number of ether oxygens (including phenoxy) is 1. The Morgan fingerprint density at radius 2 is 2.00 bits per heavy atom. The number of aromatic nitrogens is 1. The van der Waals surface area contributed by atoms with Crippen LogP contribution in [0, 0.1) is 0 Å². The Hall–Kier alpha value is -1.55. The number of benzene rings is 1. The third-order valence-electron chi connectivity index (χ3n) is 3.72. The zero-order valence-electron chi connectivity index (χ0n) is 11.7. The molecular weight excluding hydrogens is 268 g/mol. The molecule has 0 spiro atoms. The highest BCUT2D eigenvalue weighted by Gasteiger charge is 2.16. The Morgan fingerprint density at radius 3 is 2.65 bits per heavy atom. The fraction of sp³-hybridized carbons (Fsp3) is 0.438. The summed E-state index contributed by atoms with van der Waals surface area (Å²) in [5, 5.41) is 3.48. The monoisotopic (exact) mass is 288 g/mol. The Labute approximate surface area is 124 Å². The average Bonchev–Trinajstić information content (AvgIpc) is 3.13. The highest BCUT2D eigenvalue weighted by atomic mass is 32.1. The molecule has 20 heavy (non-hydrogen) atoms. The summed E-state index contributed by atoms with van der Waals surface area (Å²) < 4.78 is 5.97. The summed E-state index contributed by atoms with van der Waals surface area (Å²) in [4.78, 5) is 5.36. The first-order valence-electron chi connectivity index (χ1n) is 7.23. The van der Waals surface area contributed by atoms with E-state index in [0.29, 0.717) is 6.10 Å². The lowest BCUT2D eigenvalue weighted by Crippen LogP contribution is -2.10. The second-order valence-corrected chi connectivity index (χ2v) is 6.24. The lowest BCUT2D eigenvalue weighted by atomic mass is 10.2. The molecule has 0 amide bonds. The highest BCUT2D eigenvalue weighted by Crippen LogP contribution is 2.26. The molecule has 0 aliphatic heterocycles. The van der Waals surface area contributed by atoms with Crippen LogP contribution in [0.2, 0.25) is 0 Å². The quantitative estimate of drug-likeness (QED) is 0.870. The maximum atomic E-state index is 5.97. The summed E-state index contributed by atoms with van der Waals surface area (Å²) in [6.45, 7) is 2.15. The number of anilines is 1. The standard InChI is InChI=1S/C16H20N2OS/c1-12(16-10-17-11-20-16)18-13-6-8-15(9-7-13)19-14-4-2-3-5-14/h6-12,14,18H,2-5H2,1H3. The van der Waals surface area contributed by atoms with E-state index in [0.717, 1.165) is 11.4 Å². The maximum absolute atomic E-state index is 5.97. The summed E-state index contributed by atoms with van der Waals surface area (Å²) in [5.74, 6) is 0.980. The summed E-state index contributed by atoms with van der Waals surface area (Å²) in [6.07, 6.45) is 7.34. The van der Waals surface area contributed by atoms with Crippen molar-refractivity contribution in [1.29, 1.82) is 0 Å². The van der Waals surface area contributed by atoms with Crippen molar-refractivity contribution in [2.45, 2.75) is 44.8 Å². The lowest BCUT2D eigenvalue weighted by Gasteiger charge is -2.15. The van der Waals surface area contributed by atoms with Gasteiger partial charge in [-0.25, -0.2) is 0 Å². The molecule has 1 atom stereocenters. The first kappa shape index (κ1) is 13.4. The van der Waals surface area contributed by atoms with Gasteiger partial charge < -0.3 is 10.1 Å². The van der Waals surface area contributed by atoms with Crippen molar-refractivity contribution in [3.05, 3.63) is 40.8 Å². The van der Waals surface area contributed by atoms with Crippen LogP contribution in [0.1, 0.15) is 43.5 Å². The molecule has 0 radical (unpaired) electrons. The molecule has 4 heteroatoms. The van der Waals surface area contributed by atoms with Crippen molar-refractivity contribution in [3.63, 3.8) is 0 Å². The topological polar surface area (TPSA) is 34.1 Å². The Kier molecular flexibility index (Phi) is 4.21. The molecule has 0 bridgehead atoms. The third kappa shape index (κ3) is 3.31. The largest absolute Gasteiger partial charge is 0.490 e. The van der Waals surface area contributed by atoms with E-state index in [-0.39, 0.29) is 6.04 Å². The van der Waals surface area contributed by atoms with Crippen molar-refractivity contribution in [2.24, 2.45) is 0 Å². The molecule has 3 rings (SSSR count). The molecule has 1 unspecified atom stereocenters. The third-order valence-corrected chi connectivity index (χ3v) is 4.68. The number of rotatable bonds is 5. The van der Waals surface area contributed by atoms with E-state index in [1.54, 1.807) is 11.3 Å². The van der Waals surface area contributed by atoms with Crippen LogP contribution in [-0.4, -0.2) is 11.1 Å². The molecule has 1 aromatic carbocycles. The number of nitrogens with zero attached hydrogens (tertiary/aromatic N) is 1. The molecule has 1 saturated carbocycles. The van der Waals surface area contributed by atoms with Gasteiger partial charge in [-0.15, -0.1) is 11.3 Å². The van der Waals surface area contributed by atoms with Gasteiger partial charge in [0.25, 0.3) is 0 Å². The lowest BCUT2D eigenvalue weighted by molar-refractivity contribution is 0.210. The number of hydrogen-bond acceptors (Lipinski definition) is 4. The molecule has 1 aliphatic rings. The maximum Gasteiger partial charge on any atom is 0.119 e. The summed E-state index contributed by atoms with van der Waals surface area (Å²) in [7, 11) is 0. The number of hydrogen-bond donors (Lipinski definition) is 1. The summed E-state index contributed by atoms with van der Waals surface area (Å²) >= 11 is 1.68. The Morgan fingerprint density at radius 1 is 1.25 bits per heavy atom. The van der Waals surface area contributed by atoms with Gasteiger partial charge in [0.2, 0.25) is 0 Å². The number of thiazole rings is 1. The SMILES string of the molecule is CC(Nc1ccc(OC2CCCC2)cc1)c1cncs1. The van der Waals surface area contributed by atoms with Crippen LogP contribution in [0.25, 0.3) is 0 Å². The van der Waals surface area contributed by atoms with E-state index in [9.17, 15) is 0 Å². The second-order valence-electron chi connectivity index (χ2n) is 5.32. The second kappa shape index (κ2) is 6.27. The van der Waals surface area contributed by atoms with Gasteiger partial charge in [-0.05, 0) is 56.9 Å². The van der Waals surface area contributed by atoms with Crippen molar-refractivity contribution in [3.8, 4) is 5.75 Å². The van der Waals surface area contributed by atoms with E-state index in [2.05, 4.69) is 41.5 Å². The smallest absolute Gasteiger partial charge is 0.119 e. The Bertz CT molecular complexity index is 518. The molecule has 1 heterocycles. The van der Waals surface area contributed by atoms with E-state index in [1.165, 1.54) is 30.6 Å². The van der Waals surface area contributed by atoms with Crippen LogP contribution in [0.3, 0.4) is 0 Å². The zero-order chi connectivity index (χ0) is 13.8. The van der Waals surface area contributed by atoms with Crippen molar-refractivity contribution in [2.75, 3.05) is 5.32 Å². The van der Waals surface area contributed by atoms with Gasteiger partial charge in [-0.1, -0.05) is 0 Å². The fourth-order valence-electron chi connectivity index (χ4n) is 2.59. The molecule has 1 N–H and O–H groups in total. The van der Waals surface area contributed by atoms with Gasteiger partial charge in [0, 0.05) is 16.8 Å². The van der Waals surface area contributed by atoms with Crippen molar-refractivity contribution in [1.82, 2.24) is 4.98 Å². The van der Waals surface area contributed by atoms with Crippen molar-refractivity contribution >= 4 is 17.0 Å². The van der Waals surface area contributed by atoms with E-state index >= 15 is 0 Å². The summed E-state index contributed by atoms with van der Waals surface area (Å²) in [5.41, 5.74) is 2.98. The minimum absolute atomic E-state index is 0.282. The molecule has 1 aromatic heterocycles. The zero-order valence-corrected chi connectivity index (χ0v) is 12.5. The van der Waals surface area contributed by atoms with Crippen LogP contribution in [0.15, 0.2) is 36.0 Å². The van der Waals surface area contributed by atoms with Crippen LogP contribution < -0.4 is 10.1 Å². The predicted octanol–water partition coefficient (Wildman–Crippen LogP) is 4.64. The van der Waals surface area contributed by atoms with Crippen LogP contribution in [0.5, 0.6) is 5.75 Å². The molecular formula is C16H20N2OS. The summed E-state index contributed by atoms with van der Waals surface area (Å²) in [6, 6.07) is 8.56. The molecule has 3 nitrogen and oxygen atoms in total. The predicted molar refractivity (Wildman–Crippen MR) is 83.5 cm³/mol. The Balaban J connectivity index is 1.58. The van der Waals surface area contributed by atoms with Gasteiger partial charge in [-0.2, -0.15) is 0 Å². The van der Waals surface area contributed by atoms with Crippen molar-refractivity contribution < 1.29 is 4.74 Å². The van der Waals surface area contributed by atoms with Crippen LogP contribution in [0.4, 0.5) is 5.69 Å². The van der Waals surface area contributed by atoms with Crippen LogP contribution >= 0.6 is 11.3 Å². The first-order valence-corrected chi connectivity index (χ1v) is 8.11. The van der Waals surface area contributed by atoms with Crippen LogP contribution in [-0.2, 0) is 0 Å². The molecule has 2 aromatic rings.